The zero-order chi connectivity index (χ0) is 15.7. The van der Waals surface area contributed by atoms with Crippen LogP contribution in [0, 0.1) is 0 Å². The van der Waals surface area contributed by atoms with Gasteiger partial charge in [-0.1, -0.05) is 30.3 Å². The second-order valence-corrected chi connectivity index (χ2v) is 6.18. The van der Waals surface area contributed by atoms with Crippen LogP contribution in [-0.4, -0.2) is 41.3 Å². The summed E-state index contributed by atoms with van der Waals surface area (Å²) >= 11 is 0. The van der Waals surface area contributed by atoms with Crippen molar-refractivity contribution in [1.29, 1.82) is 0 Å². The molecule has 1 aromatic rings. The molecule has 4 atom stereocenters. The zero-order valence-corrected chi connectivity index (χ0v) is 12.7. The van der Waals surface area contributed by atoms with Gasteiger partial charge >= 0.3 is 6.09 Å². The molecule has 1 aliphatic heterocycles. The molecule has 3 rings (SSSR count). The van der Waals surface area contributed by atoms with Crippen molar-refractivity contribution in [3.05, 3.63) is 35.9 Å². The summed E-state index contributed by atoms with van der Waals surface area (Å²) in [6.45, 7) is 3.80. The second kappa shape index (κ2) is 5.87. The molecule has 6 nitrogen and oxygen atoms in total. The highest BCUT2D eigenvalue weighted by Gasteiger charge is 2.54. The number of aliphatic hydroxyl groups excluding tert-OH is 1. The number of hydrogen-bond acceptors (Lipinski definition) is 5. The number of ether oxygens (including phenoxy) is 3. The first-order valence-electron chi connectivity index (χ1n) is 7.45. The Hall–Kier alpha value is -1.63. The van der Waals surface area contributed by atoms with Crippen LogP contribution in [0.1, 0.15) is 25.8 Å². The molecule has 22 heavy (non-hydrogen) atoms. The molecule has 2 aliphatic rings. The Morgan fingerprint density at radius 1 is 1.32 bits per heavy atom. The smallest absolute Gasteiger partial charge is 0.407 e. The summed E-state index contributed by atoms with van der Waals surface area (Å²) < 4.78 is 16.6. The van der Waals surface area contributed by atoms with Crippen LogP contribution in [0.2, 0.25) is 0 Å². The SMILES string of the molecule is CC1(C)OC2[C@@H](O1)[C@H](NC(=O)OCc1ccccc1)C[C@@H]2O. The van der Waals surface area contributed by atoms with Crippen molar-refractivity contribution in [2.45, 2.75) is 57.0 Å². The van der Waals surface area contributed by atoms with Gasteiger partial charge in [0.05, 0.1) is 12.1 Å². The highest BCUT2D eigenvalue weighted by atomic mass is 16.8. The van der Waals surface area contributed by atoms with Gasteiger partial charge in [-0.2, -0.15) is 0 Å². The summed E-state index contributed by atoms with van der Waals surface area (Å²) in [6.07, 6.45) is -1.53. The van der Waals surface area contributed by atoms with Crippen molar-refractivity contribution < 1.29 is 24.1 Å². The van der Waals surface area contributed by atoms with Crippen molar-refractivity contribution >= 4 is 6.09 Å². The maximum absolute atomic E-state index is 11.9. The van der Waals surface area contributed by atoms with E-state index in [1.165, 1.54) is 0 Å². The Labute approximate surface area is 129 Å². The molecule has 1 aromatic carbocycles. The van der Waals surface area contributed by atoms with Crippen LogP contribution in [0.15, 0.2) is 30.3 Å². The third-order valence-electron chi connectivity index (χ3n) is 3.95. The monoisotopic (exact) mass is 307 g/mol. The van der Waals surface area contributed by atoms with Gasteiger partial charge in [-0.3, -0.25) is 0 Å². The molecule has 1 saturated carbocycles. The molecule has 0 spiro atoms. The topological polar surface area (TPSA) is 77.0 Å². The van der Waals surface area contributed by atoms with Crippen LogP contribution in [0.5, 0.6) is 0 Å². The minimum Gasteiger partial charge on any atom is -0.445 e. The van der Waals surface area contributed by atoms with Crippen molar-refractivity contribution in [3.63, 3.8) is 0 Å². The Kier molecular flexibility index (Phi) is 4.08. The average Bonchev–Trinajstić information content (AvgIpc) is 2.93. The van der Waals surface area contributed by atoms with Crippen molar-refractivity contribution in [2.24, 2.45) is 0 Å². The highest BCUT2D eigenvalue weighted by Crippen LogP contribution is 2.38. The van der Waals surface area contributed by atoms with Gasteiger partial charge in [-0.15, -0.1) is 0 Å². The van der Waals surface area contributed by atoms with Gasteiger partial charge in [-0.25, -0.2) is 4.79 Å². The number of rotatable bonds is 3. The van der Waals surface area contributed by atoms with Crippen molar-refractivity contribution in [3.8, 4) is 0 Å². The summed E-state index contributed by atoms with van der Waals surface area (Å²) in [4.78, 5) is 11.9. The molecule has 1 unspecified atom stereocenters. The second-order valence-electron chi connectivity index (χ2n) is 6.18. The van der Waals surface area contributed by atoms with Crippen LogP contribution in [0.25, 0.3) is 0 Å². The van der Waals surface area contributed by atoms with E-state index in [-0.39, 0.29) is 18.8 Å². The minimum absolute atomic E-state index is 0.207. The Morgan fingerprint density at radius 3 is 2.73 bits per heavy atom. The van der Waals surface area contributed by atoms with Gasteiger partial charge in [-0.05, 0) is 25.8 Å². The van der Waals surface area contributed by atoms with E-state index in [1.807, 2.05) is 30.3 Å². The molecule has 1 heterocycles. The maximum atomic E-state index is 11.9. The van der Waals surface area contributed by atoms with Crippen LogP contribution in [0.3, 0.4) is 0 Å². The number of nitrogens with one attached hydrogen (secondary N) is 1. The Balaban J connectivity index is 1.53. The number of carbonyl (C=O) groups is 1. The molecule has 6 heteroatoms. The lowest BCUT2D eigenvalue weighted by molar-refractivity contribution is -0.163. The summed E-state index contributed by atoms with van der Waals surface area (Å²) in [6, 6.07) is 9.15. The minimum atomic E-state index is -0.745. The highest BCUT2D eigenvalue weighted by molar-refractivity contribution is 5.67. The predicted octanol–water partition coefficient (Wildman–Crippen LogP) is 1.57. The molecular formula is C16H21NO5. The van der Waals surface area contributed by atoms with Gasteiger partial charge in [0.15, 0.2) is 5.79 Å². The van der Waals surface area contributed by atoms with E-state index >= 15 is 0 Å². The molecule has 2 fully saturated rings. The maximum Gasteiger partial charge on any atom is 0.407 e. The number of hydrogen-bond donors (Lipinski definition) is 2. The lowest BCUT2D eigenvalue weighted by Crippen LogP contribution is -2.43. The quantitative estimate of drug-likeness (QED) is 0.886. The first-order valence-corrected chi connectivity index (χ1v) is 7.45. The third-order valence-corrected chi connectivity index (χ3v) is 3.95. The molecule has 0 radical (unpaired) electrons. The lowest BCUT2D eigenvalue weighted by Gasteiger charge is -2.22. The predicted molar refractivity (Wildman–Crippen MR) is 78.0 cm³/mol. The number of aliphatic hydroxyl groups is 1. The van der Waals surface area contributed by atoms with E-state index in [2.05, 4.69) is 5.32 Å². The summed E-state index contributed by atoms with van der Waals surface area (Å²) in [5.41, 5.74) is 0.920. The van der Waals surface area contributed by atoms with Gasteiger partial charge in [0.25, 0.3) is 0 Å². The zero-order valence-electron chi connectivity index (χ0n) is 12.7. The first kappa shape index (κ1) is 15.3. The number of alkyl carbamates (subject to hydrolysis) is 1. The van der Waals surface area contributed by atoms with E-state index in [4.69, 9.17) is 14.2 Å². The van der Waals surface area contributed by atoms with Gasteiger partial charge < -0.3 is 24.6 Å². The molecule has 120 valence electrons. The first-order chi connectivity index (χ1) is 10.4. The fourth-order valence-corrected chi connectivity index (χ4v) is 3.01. The standard InChI is InChI=1S/C16H21NO5/c1-16(2)21-13-11(8-12(18)14(13)22-16)17-15(19)20-9-10-6-4-3-5-7-10/h3-7,11-14,18H,8-9H2,1-2H3,(H,17,19)/t11-,12+,13+,14?/m1/s1. The fourth-order valence-electron chi connectivity index (χ4n) is 3.01. The Morgan fingerprint density at radius 2 is 2.00 bits per heavy atom. The van der Waals surface area contributed by atoms with Crippen LogP contribution in [0.4, 0.5) is 4.79 Å². The molecular weight excluding hydrogens is 286 g/mol. The van der Waals surface area contributed by atoms with Crippen LogP contribution < -0.4 is 5.32 Å². The van der Waals surface area contributed by atoms with Crippen LogP contribution in [-0.2, 0) is 20.8 Å². The lowest BCUT2D eigenvalue weighted by atomic mass is 10.2. The van der Waals surface area contributed by atoms with Crippen LogP contribution >= 0.6 is 0 Å². The number of carbonyl (C=O) groups excluding carboxylic acids is 1. The normalized spacial score (nSPS) is 32.5. The largest absolute Gasteiger partial charge is 0.445 e. The summed E-state index contributed by atoms with van der Waals surface area (Å²) in [5.74, 6) is -0.745. The molecule has 1 amide bonds. The van der Waals surface area contributed by atoms with E-state index in [1.54, 1.807) is 13.8 Å². The third kappa shape index (κ3) is 3.24. The van der Waals surface area contributed by atoms with Crippen molar-refractivity contribution in [2.75, 3.05) is 0 Å². The molecule has 1 aliphatic carbocycles. The van der Waals surface area contributed by atoms with Gasteiger partial charge in [0.1, 0.15) is 18.8 Å². The van der Waals surface area contributed by atoms with Gasteiger partial charge in [0, 0.05) is 0 Å². The van der Waals surface area contributed by atoms with E-state index in [9.17, 15) is 9.90 Å². The molecule has 1 saturated heterocycles. The van der Waals surface area contributed by atoms with Gasteiger partial charge in [0.2, 0.25) is 0 Å². The van der Waals surface area contributed by atoms with E-state index in [0.29, 0.717) is 6.42 Å². The number of benzene rings is 1. The Bertz CT molecular complexity index is 533. The van der Waals surface area contributed by atoms with E-state index < -0.39 is 24.1 Å². The van der Waals surface area contributed by atoms with E-state index in [0.717, 1.165) is 5.56 Å². The summed E-state index contributed by atoms with van der Waals surface area (Å²) in [7, 11) is 0. The number of fused-ring (bicyclic) bond motifs is 1. The molecule has 0 bridgehead atoms. The number of amides is 1. The molecule has 2 N–H and O–H groups in total. The average molecular weight is 307 g/mol. The molecule has 0 aromatic heterocycles. The van der Waals surface area contributed by atoms with Crippen molar-refractivity contribution in [1.82, 2.24) is 5.32 Å². The fraction of sp³-hybridized carbons (Fsp3) is 0.562. The summed E-state index contributed by atoms with van der Waals surface area (Å²) in [5, 5.41) is 12.8.